The molecule has 5 heteroatoms. The van der Waals surface area contributed by atoms with Crippen molar-refractivity contribution in [2.24, 2.45) is 0 Å². The molecule has 1 N–H and O–H groups in total. The Balaban J connectivity index is 1.79. The highest BCUT2D eigenvalue weighted by Gasteiger charge is 2.04. The average molecular weight is 338 g/mol. The second-order valence-corrected chi connectivity index (χ2v) is 5.02. The zero-order valence-electron chi connectivity index (χ0n) is 10.6. The fraction of sp³-hybridized carbons (Fsp3) is 0.133. The molecule has 0 spiro atoms. The standard InChI is InChI=1S/C15H13BrFNO2/c16-13-8-12(6-7-14(13)17)9-18-15(19)20-10-11-4-2-1-3-5-11/h1-8H,9-10H2,(H,18,19). The summed E-state index contributed by atoms with van der Waals surface area (Å²) in [6.45, 7) is 0.506. The Morgan fingerprint density at radius 2 is 1.90 bits per heavy atom. The summed E-state index contributed by atoms with van der Waals surface area (Å²) < 4.78 is 18.5. The number of carbonyl (C=O) groups is 1. The van der Waals surface area contributed by atoms with Crippen LogP contribution in [0.4, 0.5) is 9.18 Å². The van der Waals surface area contributed by atoms with Gasteiger partial charge in [-0.15, -0.1) is 0 Å². The molecule has 0 aromatic heterocycles. The summed E-state index contributed by atoms with van der Waals surface area (Å²) in [5.74, 6) is -0.333. The van der Waals surface area contributed by atoms with E-state index in [-0.39, 0.29) is 19.0 Å². The van der Waals surface area contributed by atoms with Gasteiger partial charge < -0.3 is 10.1 Å². The van der Waals surface area contributed by atoms with Crippen LogP contribution in [-0.2, 0) is 17.9 Å². The summed E-state index contributed by atoms with van der Waals surface area (Å²) in [6.07, 6.45) is -0.505. The van der Waals surface area contributed by atoms with Gasteiger partial charge in [0.25, 0.3) is 0 Å². The van der Waals surface area contributed by atoms with Crippen LogP contribution in [0.1, 0.15) is 11.1 Å². The van der Waals surface area contributed by atoms with Crippen LogP contribution in [0.25, 0.3) is 0 Å². The molecule has 0 aliphatic heterocycles. The third-order valence-corrected chi connectivity index (χ3v) is 3.24. The number of halogens is 2. The minimum atomic E-state index is -0.505. The van der Waals surface area contributed by atoms with Crippen molar-refractivity contribution in [3.05, 3.63) is 69.9 Å². The number of nitrogens with one attached hydrogen (secondary N) is 1. The lowest BCUT2D eigenvalue weighted by Crippen LogP contribution is -2.23. The number of benzene rings is 2. The first kappa shape index (κ1) is 14.5. The number of hydrogen-bond acceptors (Lipinski definition) is 2. The zero-order valence-corrected chi connectivity index (χ0v) is 12.2. The van der Waals surface area contributed by atoms with Crippen molar-refractivity contribution in [2.45, 2.75) is 13.2 Å². The molecule has 0 saturated heterocycles. The molecule has 0 aliphatic rings. The highest BCUT2D eigenvalue weighted by Crippen LogP contribution is 2.16. The first-order chi connectivity index (χ1) is 9.65. The van der Waals surface area contributed by atoms with Crippen molar-refractivity contribution in [1.29, 1.82) is 0 Å². The normalized spacial score (nSPS) is 10.1. The molecule has 0 bridgehead atoms. The minimum absolute atomic E-state index is 0.222. The van der Waals surface area contributed by atoms with Crippen LogP contribution < -0.4 is 5.32 Å². The Hall–Kier alpha value is -1.88. The van der Waals surface area contributed by atoms with Gasteiger partial charge in [0, 0.05) is 6.54 Å². The number of rotatable bonds is 4. The van der Waals surface area contributed by atoms with Crippen LogP contribution in [0.5, 0.6) is 0 Å². The molecule has 104 valence electrons. The predicted molar refractivity (Wildman–Crippen MR) is 77.6 cm³/mol. The van der Waals surface area contributed by atoms with Gasteiger partial charge in [-0.1, -0.05) is 36.4 Å². The minimum Gasteiger partial charge on any atom is -0.445 e. The molecule has 0 unspecified atom stereocenters. The number of hydrogen-bond donors (Lipinski definition) is 1. The van der Waals surface area contributed by atoms with Crippen molar-refractivity contribution < 1.29 is 13.9 Å². The predicted octanol–water partition coefficient (Wildman–Crippen LogP) is 4.01. The van der Waals surface area contributed by atoms with Crippen molar-refractivity contribution in [3.63, 3.8) is 0 Å². The van der Waals surface area contributed by atoms with Crippen LogP contribution >= 0.6 is 15.9 Å². The van der Waals surface area contributed by atoms with Crippen LogP contribution in [0.15, 0.2) is 53.0 Å². The van der Waals surface area contributed by atoms with Crippen molar-refractivity contribution >= 4 is 22.0 Å². The van der Waals surface area contributed by atoms with E-state index in [4.69, 9.17) is 4.74 Å². The summed E-state index contributed by atoms with van der Waals surface area (Å²) in [4.78, 5) is 11.5. The van der Waals surface area contributed by atoms with E-state index in [0.29, 0.717) is 4.47 Å². The molecule has 2 aromatic rings. The van der Waals surface area contributed by atoms with E-state index in [0.717, 1.165) is 11.1 Å². The largest absolute Gasteiger partial charge is 0.445 e. The Bertz CT molecular complexity index is 590. The number of alkyl carbamates (subject to hydrolysis) is 1. The Morgan fingerprint density at radius 3 is 2.60 bits per heavy atom. The zero-order chi connectivity index (χ0) is 14.4. The van der Waals surface area contributed by atoms with Gasteiger partial charge >= 0.3 is 6.09 Å². The van der Waals surface area contributed by atoms with Gasteiger partial charge in [0.15, 0.2) is 0 Å². The summed E-state index contributed by atoms with van der Waals surface area (Å²) in [6, 6.07) is 14.0. The molecule has 2 rings (SSSR count). The maximum absolute atomic E-state index is 13.0. The van der Waals surface area contributed by atoms with Gasteiger partial charge in [0.05, 0.1) is 4.47 Å². The third-order valence-electron chi connectivity index (χ3n) is 2.63. The Labute approximate surface area is 124 Å². The Kier molecular flexibility index (Phi) is 5.12. The van der Waals surface area contributed by atoms with Crippen molar-refractivity contribution in [2.75, 3.05) is 0 Å². The third kappa shape index (κ3) is 4.35. The van der Waals surface area contributed by atoms with E-state index >= 15 is 0 Å². The lowest BCUT2D eigenvalue weighted by Gasteiger charge is -2.07. The van der Waals surface area contributed by atoms with E-state index in [9.17, 15) is 9.18 Å². The lowest BCUT2D eigenvalue weighted by molar-refractivity contribution is 0.139. The fourth-order valence-electron chi connectivity index (χ4n) is 1.60. The first-order valence-corrected chi connectivity index (χ1v) is 6.83. The van der Waals surface area contributed by atoms with E-state index in [2.05, 4.69) is 21.2 Å². The quantitative estimate of drug-likeness (QED) is 0.915. The van der Waals surface area contributed by atoms with Crippen LogP contribution in [-0.4, -0.2) is 6.09 Å². The number of carbonyl (C=O) groups excluding carboxylic acids is 1. The average Bonchev–Trinajstić information content (AvgIpc) is 2.47. The lowest BCUT2D eigenvalue weighted by atomic mass is 10.2. The topological polar surface area (TPSA) is 38.3 Å². The second kappa shape index (κ2) is 7.05. The van der Waals surface area contributed by atoms with Crippen molar-refractivity contribution in [3.8, 4) is 0 Å². The smallest absolute Gasteiger partial charge is 0.407 e. The van der Waals surface area contributed by atoms with E-state index in [1.54, 1.807) is 12.1 Å². The van der Waals surface area contributed by atoms with Gasteiger partial charge in [-0.3, -0.25) is 0 Å². The molecular weight excluding hydrogens is 325 g/mol. The summed E-state index contributed by atoms with van der Waals surface area (Å²) >= 11 is 3.10. The summed E-state index contributed by atoms with van der Waals surface area (Å²) in [5.41, 5.74) is 1.71. The van der Waals surface area contributed by atoms with E-state index < -0.39 is 6.09 Å². The number of amides is 1. The fourth-order valence-corrected chi connectivity index (χ4v) is 2.02. The molecule has 0 heterocycles. The van der Waals surface area contributed by atoms with Gasteiger partial charge in [0.1, 0.15) is 12.4 Å². The van der Waals surface area contributed by atoms with Crippen LogP contribution in [0.3, 0.4) is 0 Å². The van der Waals surface area contributed by atoms with Crippen LogP contribution in [0, 0.1) is 5.82 Å². The Morgan fingerprint density at radius 1 is 1.15 bits per heavy atom. The highest BCUT2D eigenvalue weighted by atomic mass is 79.9. The van der Waals surface area contributed by atoms with Crippen molar-refractivity contribution in [1.82, 2.24) is 5.32 Å². The first-order valence-electron chi connectivity index (χ1n) is 6.03. The molecule has 3 nitrogen and oxygen atoms in total. The molecule has 20 heavy (non-hydrogen) atoms. The molecule has 0 aliphatic carbocycles. The van der Waals surface area contributed by atoms with E-state index in [1.165, 1.54) is 6.07 Å². The molecule has 1 amide bonds. The SMILES string of the molecule is O=C(NCc1ccc(F)c(Br)c1)OCc1ccccc1. The van der Waals surface area contributed by atoms with Crippen LogP contribution in [0.2, 0.25) is 0 Å². The monoisotopic (exact) mass is 337 g/mol. The van der Waals surface area contributed by atoms with Gasteiger partial charge in [-0.05, 0) is 39.2 Å². The maximum atomic E-state index is 13.0. The van der Waals surface area contributed by atoms with E-state index in [1.807, 2.05) is 30.3 Å². The summed E-state index contributed by atoms with van der Waals surface area (Å²) in [5, 5.41) is 2.61. The van der Waals surface area contributed by atoms with Gasteiger partial charge in [-0.25, -0.2) is 9.18 Å². The maximum Gasteiger partial charge on any atom is 0.407 e. The molecule has 0 fully saturated rings. The van der Waals surface area contributed by atoms with Gasteiger partial charge in [-0.2, -0.15) is 0 Å². The van der Waals surface area contributed by atoms with Gasteiger partial charge in [0.2, 0.25) is 0 Å². The molecule has 0 atom stereocenters. The molecule has 0 saturated carbocycles. The molecule has 0 radical (unpaired) electrons. The molecule has 2 aromatic carbocycles. The number of ether oxygens (including phenoxy) is 1. The molecular formula is C15H13BrFNO2. The second-order valence-electron chi connectivity index (χ2n) is 4.16. The highest BCUT2D eigenvalue weighted by molar-refractivity contribution is 9.10. The summed E-state index contributed by atoms with van der Waals surface area (Å²) in [7, 11) is 0.